The number of carbonyl (C=O) groups excluding carboxylic acids is 5. The summed E-state index contributed by atoms with van der Waals surface area (Å²) in [7, 11) is 1.23. The van der Waals surface area contributed by atoms with E-state index in [-0.39, 0.29) is 44.8 Å². The highest BCUT2D eigenvalue weighted by atomic mass is 16.6. The van der Waals surface area contributed by atoms with Crippen LogP contribution in [0.5, 0.6) is 0 Å². The lowest BCUT2D eigenvalue weighted by atomic mass is 10.1. The van der Waals surface area contributed by atoms with E-state index in [1.165, 1.54) is 29.0 Å². The molecule has 0 N–H and O–H groups in total. The maximum Gasteiger partial charge on any atom is 0.337 e. The molecule has 1 heterocycles. The van der Waals surface area contributed by atoms with E-state index in [4.69, 9.17) is 23.7 Å². The molecule has 0 unspecified atom stereocenters. The Bertz CT molecular complexity index is 1090. The third-order valence-corrected chi connectivity index (χ3v) is 5.21. The lowest BCUT2D eigenvalue weighted by molar-refractivity contribution is -0.162. The maximum atomic E-state index is 12.8. The summed E-state index contributed by atoms with van der Waals surface area (Å²) >= 11 is 0. The summed E-state index contributed by atoms with van der Waals surface area (Å²) in [5.41, 5.74) is -2.23. The molecule has 0 saturated carbocycles. The van der Waals surface area contributed by atoms with Crippen LogP contribution in [-0.4, -0.2) is 100 Å². The van der Waals surface area contributed by atoms with Crippen LogP contribution in [0.2, 0.25) is 0 Å². The van der Waals surface area contributed by atoms with Gasteiger partial charge in [0.15, 0.2) is 0 Å². The number of nitrogens with zero attached hydrogens (tertiary/aromatic N) is 3. The van der Waals surface area contributed by atoms with Crippen LogP contribution in [-0.2, 0) is 56.0 Å². The minimum atomic E-state index is -0.753. The number of methoxy groups -OCH3 is 1. The minimum Gasteiger partial charge on any atom is -0.465 e. The SMILES string of the molecule is COC(=O)c1cc(CN(CC(=O)OC(C)(C)C)CC(=O)OC(C)(C)C)nc(CN(CC(=O)OC(C)(C)C)CC(=O)OC(C)(C)C)c1. The second-order valence-electron chi connectivity index (χ2n) is 15.0. The largest absolute Gasteiger partial charge is 0.465 e. The number of pyridine rings is 1. The summed E-state index contributed by atoms with van der Waals surface area (Å²) in [6.07, 6.45) is 0. The van der Waals surface area contributed by atoms with Crippen molar-refractivity contribution in [2.24, 2.45) is 0 Å². The number of ether oxygens (including phenoxy) is 5. The molecule has 260 valence electrons. The fourth-order valence-electron chi connectivity index (χ4n) is 4.07. The molecular formula is C33H53N3O10. The monoisotopic (exact) mass is 651 g/mol. The van der Waals surface area contributed by atoms with Crippen molar-refractivity contribution in [3.63, 3.8) is 0 Å². The third kappa shape index (κ3) is 18.4. The summed E-state index contributed by atoms with van der Waals surface area (Å²) in [5, 5.41) is 0. The molecule has 0 amide bonds. The van der Waals surface area contributed by atoms with Crippen LogP contribution >= 0.6 is 0 Å². The Hall–Kier alpha value is -3.58. The van der Waals surface area contributed by atoms with Crippen molar-refractivity contribution in [3.05, 3.63) is 29.1 Å². The molecule has 0 aliphatic carbocycles. The molecule has 0 atom stereocenters. The van der Waals surface area contributed by atoms with Gasteiger partial charge >= 0.3 is 29.8 Å². The summed E-state index contributed by atoms with van der Waals surface area (Å²) in [4.78, 5) is 71.3. The van der Waals surface area contributed by atoms with Gasteiger partial charge in [0.25, 0.3) is 0 Å². The molecule has 0 fully saturated rings. The zero-order valence-corrected chi connectivity index (χ0v) is 29.8. The lowest BCUT2D eigenvalue weighted by Crippen LogP contribution is -2.40. The van der Waals surface area contributed by atoms with Gasteiger partial charge in [-0.3, -0.25) is 34.0 Å². The second-order valence-corrected chi connectivity index (χ2v) is 15.0. The Labute approximate surface area is 273 Å². The van der Waals surface area contributed by atoms with E-state index in [0.29, 0.717) is 11.4 Å². The first-order valence-electron chi connectivity index (χ1n) is 15.1. The van der Waals surface area contributed by atoms with Gasteiger partial charge < -0.3 is 23.7 Å². The Morgan fingerprint density at radius 1 is 0.543 bits per heavy atom. The normalized spacial score (nSPS) is 12.5. The number of aromatic nitrogens is 1. The smallest absolute Gasteiger partial charge is 0.337 e. The van der Waals surface area contributed by atoms with Crippen LogP contribution in [0.15, 0.2) is 12.1 Å². The Morgan fingerprint density at radius 3 is 1.02 bits per heavy atom. The van der Waals surface area contributed by atoms with Crippen molar-refractivity contribution in [3.8, 4) is 0 Å². The Balaban J connectivity index is 3.48. The lowest BCUT2D eigenvalue weighted by Gasteiger charge is -2.27. The highest BCUT2D eigenvalue weighted by molar-refractivity contribution is 5.89. The predicted octanol–water partition coefficient (Wildman–Crippen LogP) is 3.84. The van der Waals surface area contributed by atoms with Crippen molar-refractivity contribution in [1.82, 2.24) is 14.8 Å². The summed E-state index contributed by atoms with van der Waals surface area (Å²) in [6, 6.07) is 2.97. The average molecular weight is 652 g/mol. The molecule has 0 radical (unpaired) electrons. The van der Waals surface area contributed by atoms with Gasteiger partial charge in [0.2, 0.25) is 0 Å². The summed E-state index contributed by atoms with van der Waals surface area (Å²) in [6.45, 7) is 19.6. The van der Waals surface area contributed by atoms with Gasteiger partial charge in [0.05, 0.1) is 50.2 Å². The molecule has 0 saturated heterocycles. The molecule has 0 aliphatic heterocycles. The van der Waals surface area contributed by atoms with E-state index in [0.717, 1.165) is 0 Å². The highest BCUT2D eigenvalue weighted by Gasteiger charge is 2.27. The first-order valence-corrected chi connectivity index (χ1v) is 15.1. The first kappa shape index (κ1) is 40.4. The Kier molecular flexibility index (Phi) is 14.3. The van der Waals surface area contributed by atoms with Crippen molar-refractivity contribution in [2.45, 2.75) is 119 Å². The quantitative estimate of drug-likeness (QED) is 0.225. The molecule has 46 heavy (non-hydrogen) atoms. The molecule has 0 aliphatic rings. The highest BCUT2D eigenvalue weighted by Crippen LogP contribution is 2.16. The zero-order valence-electron chi connectivity index (χ0n) is 29.8. The number of carbonyl (C=O) groups is 5. The van der Waals surface area contributed by atoms with Gasteiger partial charge in [-0.2, -0.15) is 0 Å². The second kappa shape index (κ2) is 16.3. The van der Waals surface area contributed by atoms with Crippen molar-refractivity contribution < 1.29 is 47.7 Å². The van der Waals surface area contributed by atoms with E-state index < -0.39 is 52.3 Å². The minimum absolute atomic E-state index is 0.0472. The fraction of sp³-hybridized carbons (Fsp3) is 0.697. The summed E-state index contributed by atoms with van der Waals surface area (Å²) in [5.74, 6) is -2.92. The Morgan fingerprint density at radius 2 is 0.804 bits per heavy atom. The van der Waals surface area contributed by atoms with Gasteiger partial charge in [-0.15, -0.1) is 0 Å². The molecule has 0 spiro atoms. The standard InChI is InChI=1S/C33H53N3O10/c1-30(2,3)43-25(37)18-35(19-26(38)44-31(4,5)6)16-23-14-22(29(41)42-13)15-24(34-23)17-36(20-27(39)45-32(7,8)9)21-28(40)46-33(10,11)12/h14-15H,16-21H2,1-13H3. The molecule has 1 aromatic heterocycles. The van der Waals surface area contributed by atoms with Crippen LogP contribution in [0, 0.1) is 0 Å². The van der Waals surface area contributed by atoms with E-state index in [9.17, 15) is 24.0 Å². The predicted molar refractivity (Wildman–Crippen MR) is 170 cm³/mol. The molecule has 13 heteroatoms. The van der Waals surface area contributed by atoms with Gasteiger partial charge in [-0.05, 0) is 95.2 Å². The van der Waals surface area contributed by atoms with Gasteiger partial charge in [-0.1, -0.05) is 0 Å². The molecular weight excluding hydrogens is 598 g/mol. The van der Waals surface area contributed by atoms with E-state index in [2.05, 4.69) is 4.98 Å². The fourth-order valence-corrected chi connectivity index (χ4v) is 4.07. The van der Waals surface area contributed by atoms with Crippen molar-refractivity contribution in [2.75, 3.05) is 33.3 Å². The molecule has 13 nitrogen and oxygen atoms in total. The van der Waals surface area contributed by atoms with Gasteiger partial charge in [0, 0.05) is 13.1 Å². The van der Waals surface area contributed by atoms with Crippen LogP contribution < -0.4 is 0 Å². The zero-order chi connectivity index (χ0) is 35.7. The van der Waals surface area contributed by atoms with Crippen LogP contribution in [0.3, 0.4) is 0 Å². The maximum absolute atomic E-state index is 12.8. The molecule has 1 aromatic rings. The number of hydrogen-bond acceptors (Lipinski definition) is 13. The molecule has 0 bridgehead atoms. The van der Waals surface area contributed by atoms with Crippen LogP contribution in [0.4, 0.5) is 0 Å². The first-order chi connectivity index (χ1) is 20.7. The molecule has 1 rings (SSSR count). The number of esters is 5. The van der Waals surface area contributed by atoms with Gasteiger partial charge in [-0.25, -0.2) is 4.79 Å². The topological polar surface area (TPSA) is 151 Å². The van der Waals surface area contributed by atoms with Gasteiger partial charge in [0.1, 0.15) is 22.4 Å². The van der Waals surface area contributed by atoms with E-state index >= 15 is 0 Å². The van der Waals surface area contributed by atoms with Crippen LogP contribution in [0.1, 0.15) is 105 Å². The average Bonchev–Trinajstić information content (AvgIpc) is 2.78. The van der Waals surface area contributed by atoms with E-state index in [1.807, 2.05) is 0 Å². The van der Waals surface area contributed by atoms with E-state index in [1.54, 1.807) is 83.1 Å². The van der Waals surface area contributed by atoms with Crippen LogP contribution in [0.25, 0.3) is 0 Å². The van der Waals surface area contributed by atoms with Crippen molar-refractivity contribution >= 4 is 29.8 Å². The summed E-state index contributed by atoms with van der Waals surface area (Å²) < 4.78 is 26.8. The number of hydrogen-bond donors (Lipinski definition) is 0. The van der Waals surface area contributed by atoms with Crippen molar-refractivity contribution in [1.29, 1.82) is 0 Å². The number of rotatable bonds is 13. The molecule has 0 aromatic carbocycles. The third-order valence-electron chi connectivity index (χ3n) is 5.21.